The molecule has 2 rings (SSSR count). The number of benzene rings is 2. The quantitative estimate of drug-likeness (QED) is 0.600. The summed E-state index contributed by atoms with van der Waals surface area (Å²) in [5, 5.41) is 21.2. The Labute approximate surface area is 125 Å². The molecule has 0 atom stereocenters. The number of nitro benzene ring substituents is 2. The molecule has 22 heavy (non-hydrogen) atoms. The maximum atomic E-state index is 10.7. The van der Waals surface area contributed by atoms with Gasteiger partial charge in [-0.2, -0.15) is 0 Å². The number of nitrogens with zero attached hydrogens (tertiary/aromatic N) is 2. The van der Waals surface area contributed by atoms with E-state index >= 15 is 0 Å². The van der Waals surface area contributed by atoms with Crippen LogP contribution in [0.1, 0.15) is 5.56 Å². The van der Waals surface area contributed by atoms with Crippen molar-refractivity contribution in [2.24, 2.45) is 0 Å². The average Bonchev–Trinajstić information content (AvgIpc) is 2.52. The number of nitro groups is 2. The van der Waals surface area contributed by atoms with Crippen LogP contribution >= 0.6 is 0 Å². The molecule has 7 nitrogen and oxygen atoms in total. The van der Waals surface area contributed by atoms with E-state index in [1.165, 1.54) is 36.4 Å². The van der Waals surface area contributed by atoms with Gasteiger partial charge in [0.15, 0.2) is 0 Å². The fourth-order valence-electron chi connectivity index (χ4n) is 1.73. The van der Waals surface area contributed by atoms with E-state index in [1.54, 1.807) is 24.3 Å². The van der Waals surface area contributed by atoms with Crippen LogP contribution in [0, 0.1) is 20.2 Å². The van der Waals surface area contributed by atoms with Gasteiger partial charge in [-0.3, -0.25) is 20.2 Å². The Kier molecular flexibility index (Phi) is 4.81. The molecule has 0 N–H and O–H groups in total. The van der Waals surface area contributed by atoms with Crippen molar-refractivity contribution >= 4 is 17.5 Å². The predicted molar refractivity (Wildman–Crippen MR) is 80.7 cm³/mol. The Morgan fingerprint density at radius 1 is 0.955 bits per heavy atom. The first-order valence-corrected chi connectivity index (χ1v) is 6.34. The van der Waals surface area contributed by atoms with Crippen molar-refractivity contribution in [1.29, 1.82) is 0 Å². The molecule has 0 radical (unpaired) electrons. The summed E-state index contributed by atoms with van der Waals surface area (Å²) in [6.07, 6.45) is 3.42. The minimum Gasteiger partial charge on any atom is -0.490 e. The Balaban J connectivity index is 1.91. The summed E-state index contributed by atoms with van der Waals surface area (Å²) in [6.45, 7) is 0.250. The largest absolute Gasteiger partial charge is 0.490 e. The van der Waals surface area contributed by atoms with Gasteiger partial charge in [-0.05, 0) is 23.8 Å². The molecule has 0 aliphatic heterocycles. The zero-order valence-electron chi connectivity index (χ0n) is 11.4. The maximum absolute atomic E-state index is 10.7. The molecule has 0 aliphatic rings. The molecule has 0 aromatic heterocycles. The highest BCUT2D eigenvalue weighted by Crippen LogP contribution is 2.17. The molecule has 2 aromatic carbocycles. The van der Waals surface area contributed by atoms with Crippen molar-refractivity contribution in [1.82, 2.24) is 0 Å². The molecule has 0 spiro atoms. The maximum Gasteiger partial charge on any atom is 0.270 e. The summed E-state index contributed by atoms with van der Waals surface area (Å²) in [7, 11) is 0. The van der Waals surface area contributed by atoms with Crippen LogP contribution in [0.25, 0.3) is 6.08 Å². The lowest BCUT2D eigenvalue weighted by atomic mass is 10.2. The fourth-order valence-corrected chi connectivity index (χ4v) is 1.73. The standard InChI is InChI=1S/C15H12N2O5/c18-16(19)13-6-8-15(9-7-13)22-10-2-4-12-3-1-5-14(11-12)17(20)21/h1-9,11H,10H2/b4-2+. The number of non-ortho nitro benzene ring substituents is 2. The van der Waals surface area contributed by atoms with E-state index in [-0.39, 0.29) is 18.0 Å². The van der Waals surface area contributed by atoms with E-state index in [4.69, 9.17) is 4.74 Å². The van der Waals surface area contributed by atoms with Gasteiger partial charge in [-0.15, -0.1) is 0 Å². The first kappa shape index (κ1) is 15.2. The third kappa shape index (κ3) is 4.14. The Morgan fingerprint density at radius 2 is 1.64 bits per heavy atom. The van der Waals surface area contributed by atoms with Crippen molar-refractivity contribution < 1.29 is 14.6 Å². The van der Waals surface area contributed by atoms with E-state index in [0.29, 0.717) is 11.3 Å². The van der Waals surface area contributed by atoms with Gasteiger partial charge in [-0.25, -0.2) is 0 Å². The molecule has 0 bridgehead atoms. The van der Waals surface area contributed by atoms with Crippen LogP contribution in [0.2, 0.25) is 0 Å². The van der Waals surface area contributed by atoms with Crippen LogP contribution in [-0.2, 0) is 0 Å². The Hall–Kier alpha value is -3.22. The second-order valence-electron chi connectivity index (χ2n) is 4.32. The van der Waals surface area contributed by atoms with Crippen LogP contribution in [0.15, 0.2) is 54.6 Å². The lowest BCUT2D eigenvalue weighted by Gasteiger charge is -2.02. The van der Waals surface area contributed by atoms with Crippen LogP contribution in [0.5, 0.6) is 5.75 Å². The third-order valence-electron chi connectivity index (χ3n) is 2.79. The molecule has 0 fully saturated rings. The van der Waals surface area contributed by atoms with Crippen LogP contribution in [0.4, 0.5) is 11.4 Å². The summed E-state index contributed by atoms with van der Waals surface area (Å²) in [5.74, 6) is 0.509. The number of rotatable bonds is 6. The van der Waals surface area contributed by atoms with Crippen molar-refractivity contribution in [2.75, 3.05) is 6.61 Å². The first-order chi connectivity index (χ1) is 10.6. The molecule has 2 aromatic rings. The van der Waals surface area contributed by atoms with Gasteiger partial charge in [0.2, 0.25) is 0 Å². The highest BCUT2D eigenvalue weighted by molar-refractivity contribution is 5.53. The van der Waals surface area contributed by atoms with Crippen LogP contribution < -0.4 is 4.74 Å². The minimum absolute atomic E-state index is 0.000475. The molecular weight excluding hydrogens is 288 g/mol. The Bertz CT molecular complexity index is 710. The van der Waals surface area contributed by atoms with Gasteiger partial charge in [0, 0.05) is 24.3 Å². The summed E-state index contributed by atoms with van der Waals surface area (Å²) in [4.78, 5) is 20.2. The van der Waals surface area contributed by atoms with E-state index in [9.17, 15) is 20.2 Å². The lowest BCUT2D eigenvalue weighted by molar-refractivity contribution is -0.385. The number of ether oxygens (including phenoxy) is 1. The zero-order chi connectivity index (χ0) is 15.9. The van der Waals surface area contributed by atoms with Crippen molar-refractivity contribution in [3.8, 4) is 5.75 Å². The normalized spacial score (nSPS) is 10.5. The van der Waals surface area contributed by atoms with Crippen molar-refractivity contribution in [3.63, 3.8) is 0 Å². The highest BCUT2D eigenvalue weighted by atomic mass is 16.6. The van der Waals surface area contributed by atoms with Crippen LogP contribution in [-0.4, -0.2) is 16.5 Å². The predicted octanol–water partition coefficient (Wildman–Crippen LogP) is 3.60. The molecular formula is C15H12N2O5. The van der Waals surface area contributed by atoms with Gasteiger partial charge in [0.1, 0.15) is 12.4 Å². The van der Waals surface area contributed by atoms with E-state index < -0.39 is 9.85 Å². The third-order valence-corrected chi connectivity index (χ3v) is 2.79. The Morgan fingerprint density at radius 3 is 2.27 bits per heavy atom. The van der Waals surface area contributed by atoms with Crippen molar-refractivity contribution in [3.05, 3.63) is 80.4 Å². The summed E-state index contributed by atoms with van der Waals surface area (Å²) < 4.78 is 5.40. The van der Waals surface area contributed by atoms with Gasteiger partial charge < -0.3 is 4.74 Å². The topological polar surface area (TPSA) is 95.5 Å². The van der Waals surface area contributed by atoms with E-state index in [2.05, 4.69) is 0 Å². The molecule has 112 valence electrons. The summed E-state index contributed by atoms with van der Waals surface area (Å²) in [5.41, 5.74) is 0.722. The lowest BCUT2D eigenvalue weighted by Crippen LogP contribution is -1.94. The molecule has 0 aliphatic carbocycles. The highest BCUT2D eigenvalue weighted by Gasteiger charge is 2.04. The van der Waals surface area contributed by atoms with Gasteiger partial charge in [0.05, 0.1) is 9.85 Å². The number of hydrogen-bond acceptors (Lipinski definition) is 5. The second kappa shape index (κ2) is 6.98. The SMILES string of the molecule is O=[N+]([O-])c1ccc(OC/C=C/c2cccc([N+](=O)[O-])c2)cc1. The van der Waals surface area contributed by atoms with E-state index in [0.717, 1.165) is 0 Å². The first-order valence-electron chi connectivity index (χ1n) is 6.34. The zero-order valence-corrected chi connectivity index (χ0v) is 11.4. The smallest absolute Gasteiger partial charge is 0.270 e. The molecule has 0 saturated heterocycles. The molecule has 0 unspecified atom stereocenters. The second-order valence-corrected chi connectivity index (χ2v) is 4.32. The monoisotopic (exact) mass is 300 g/mol. The van der Waals surface area contributed by atoms with Crippen LogP contribution in [0.3, 0.4) is 0 Å². The summed E-state index contributed by atoms with van der Waals surface area (Å²) in [6, 6.07) is 12.0. The summed E-state index contributed by atoms with van der Waals surface area (Å²) >= 11 is 0. The molecule has 0 heterocycles. The average molecular weight is 300 g/mol. The van der Waals surface area contributed by atoms with Gasteiger partial charge >= 0.3 is 0 Å². The van der Waals surface area contributed by atoms with Gasteiger partial charge in [0.25, 0.3) is 11.4 Å². The minimum atomic E-state index is -0.480. The molecule has 0 amide bonds. The molecule has 0 saturated carbocycles. The fraction of sp³-hybridized carbons (Fsp3) is 0.0667. The van der Waals surface area contributed by atoms with Crippen molar-refractivity contribution in [2.45, 2.75) is 0 Å². The van der Waals surface area contributed by atoms with Gasteiger partial charge in [-0.1, -0.05) is 18.2 Å². The molecule has 7 heteroatoms. The number of hydrogen-bond donors (Lipinski definition) is 0. The van der Waals surface area contributed by atoms with E-state index in [1.807, 2.05) is 0 Å².